The topological polar surface area (TPSA) is 61.4 Å². The molecule has 2 aliphatic rings. The Hall–Kier alpha value is -1.70. The zero-order valence-electron chi connectivity index (χ0n) is 16.9. The first-order valence-corrected chi connectivity index (χ1v) is 11.6. The Morgan fingerprint density at radius 1 is 1.17 bits per heavy atom. The SMILES string of the molecule is Cc1ccc(Cl)cc1N1CCN(CC(=O)Nc2nnc(C3CCCCC3)s2)CC1. The third kappa shape index (κ3) is 5.27. The molecule has 1 amide bonds. The molecule has 1 aromatic carbocycles. The average molecular weight is 434 g/mol. The van der Waals surface area contributed by atoms with Crippen molar-refractivity contribution in [3.63, 3.8) is 0 Å². The van der Waals surface area contributed by atoms with Crippen molar-refractivity contribution in [2.45, 2.75) is 44.9 Å². The van der Waals surface area contributed by atoms with E-state index in [1.54, 1.807) is 0 Å². The lowest BCUT2D eigenvalue weighted by Crippen LogP contribution is -2.48. The molecule has 1 saturated heterocycles. The summed E-state index contributed by atoms with van der Waals surface area (Å²) in [6.45, 7) is 5.97. The predicted molar refractivity (Wildman–Crippen MR) is 119 cm³/mol. The summed E-state index contributed by atoms with van der Waals surface area (Å²) in [5.74, 6) is 0.513. The summed E-state index contributed by atoms with van der Waals surface area (Å²) in [4.78, 5) is 17.0. The van der Waals surface area contributed by atoms with Crippen LogP contribution in [0.5, 0.6) is 0 Å². The number of hydrogen-bond donors (Lipinski definition) is 1. The van der Waals surface area contributed by atoms with Crippen molar-refractivity contribution < 1.29 is 4.79 Å². The van der Waals surface area contributed by atoms with Gasteiger partial charge in [0.15, 0.2) is 0 Å². The molecule has 1 aliphatic heterocycles. The molecular weight excluding hydrogens is 406 g/mol. The number of nitrogens with one attached hydrogen (secondary N) is 1. The summed E-state index contributed by atoms with van der Waals surface area (Å²) < 4.78 is 0. The molecule has 0 atom stereocenters. The lowest BCUT2D eigenvalue weighted by molar-refractivity contribution is -0.117. The highest BCUT2D eigenvalue weighted by atomic mass is 35.5. The van der Waals surface area contributed by atoms with Crippen LogP contribution in [0.3, 0.4) is 0 Å². The molecule has 1 N–H and O–H groups in total. The molecule has 4 rings (SSSR count). The Morgan fingerprint density at radius 2 is 1.93 bits per heavy atom. The van der Waals surface area contributed by atoms with Crippen LogP contribution in [0.4, 0.5) is 10.8 Å². The molecule has 0 spiro atoms. The first-order chi connectivity index (χ1) is 14.1. The van der Waals surface area contributed by atoms with Crippen LogP contribution in [0.25, 0.3) is 0 Å². The second kappa shape index (κ2) is 9.41. The molecule has 29 heavy (non-hydrogen) atoms. The van der Waals surface area contributed by atoms with Crippen LogP contribution in [0.1, 0.15) is 48.6 Å². The highest BCUT2D eigenvalue weighted by molar-refractivity contribution is 7.15. The van der Waals surface area contributed by atoms with E-state index in [1.165, 1.54) is 54.7 Å². The van der Waals surface area contributed by atoms with Gasteiger partial charge in [-0.05, 0) is 37.5 Å². The predicted octanol–water partition coefficient (Wildman–Crippen LogP) is 4.31. The fourth-order valence-electron chi connectivity index (χ4n) is 4.23. The molecular formula is C21H28ClN5OS. The number of nitrogens with zero attached hydrogens (tertiary/aromatic N) is 4. The second-order valence-electron chi connectivity index (χ2n) is 8.02. The summed E-state index contributed by atoms with van der Waals surface area (Å²) in [5.41, 5.74) is 2.41. The number of anilines is 2. The van der Waals surface area contributed by atoms with E-state index in [9.17, 15) is 4.79 Å². The van der Waals surface area contributed by atoms with Gasteiger partial charge in [-0.1, -0.05) is 48.3 Å². The number of halogens is 1. The van der Waals surface area contributed by atoms with Crippen LogP contribution in [-0.2, 0) is 4.79 Å². The van der Waals surface area contributed by atoms with E-state index in [4.69, 9.17) is 11.6 Å². The average Bonchev–Trinajstić information content (AvgIpc) is 3.19. The van der Waals surface area contributed by atoms with E-state index in [0.717, 1.165) is 36.2 Å². The van der Waals surface area contributed by atoms with Gasteiger partial charge in [-0.2, -0.15) is 0 Å². The maximum Gasteiger partial charge on any atom is 0.240 e. The van der Waals surface area contributed by atoms with Crippen LogP contribution in [0.15, 0.2) is 18.2 Å². The fraction of sp³-hybridized carbons (Fsp3) is 0.571. The van der Waals surface area contributed by atoms with Gasteiger partial charge in [-0.25, -0.2) is 0 Å². The minimum absolute atomic E-state index is 0.0104. The van der Waals surface area contributed by atoms with Crippen LogP contribution >= 0.6 is 22.9 Å². The first-order valence-electron chi connectivity index (χ1n) is 10.5. The third-order valence-electron chi connectivity index (χ3n) is 5.89. The Morgan fingerprint density at radius 3 is 2.69 bits per heavy atom. The van der Waals surface area contributed by atoms with E-state index < -0.39 is 0 Å². The molecule has 0 radical (unpaired) electrons. The smallest absolute Gasteiger partial charge is 0.240 e. The Labute approximate surface area is 181 Å². The number of carbonyl (C=O) groups excluding carboxylic acids is 1. The van der Waals surface area contributed by atoms with Gasteiger partial charge < -0.3 is 4.90 Å². The molecule has 2 fully saturated rings. The van der Waals surface area contributed by atoms with Crippen molar-refractivity contribution in [1.29, 1.82) is 0 Å². The molecule has 1 saturated carbocycles. The standard InChI is InChI=1S/C21H28ClN5OS/c1-15-7-8-17(22)13-18(15)27-11-9-26(10-12-27)14-19(28)23-21-25-24-20(29-21)16-5-3-2-4-6-16/h7-8,13,16H,2-6,9-12,14H2,1H3,(H,23,25,28). The lowest BCUT2D eigenvalue weighted by atomic mass is 9.90. The van der Waals surface area contributed by atoms with Crippen LogP contribution in [0, 0.1) is 6.92 Å². The van der Waals surface area contributed by atoms with Gasteiger partial charge >= 0.3 is 0 Å². The minimum atomic E-state index is -0.0104. The van der Waals surface area contributed by atoms with E-state index in [-0.39, 0.29) is 5.91 Å². The van der Waals surface area contributed by atoms with Crippen molar-refractivity contribution in [1.82, 2.24) is 15.1 Å². The van der Waals surface area contributed by atoms with Crippen LogP contribution < -0.4 is 10.2 Å². The van der Waals surface area contributed by atoms with E-state index in [1.807, 2.05) is 12.1 Å². The zero-order chi connectivity index (χ0) is 20.2. The summed E-state index contributed by atoms with van der Waals surface area (Å²) >= 11 is 7.70. The highest BCUT2D eigenvalue weighted by Gasteiger charge is 2.22. The van der Waals surface area contributed by atoms with Gasteiger partial charge in [0.1, 0.15) is 5.01 Å². The number of rotatable bonds is 5. The van der Waals surface area contributed by atoms with Crippen LogP contribution in [0.2, 0.25) is 5.02 Å². The molecule has 6 nitrogen and oxygen atoms in total. The minimum Gasteiger partial charge on any atom is -0.369 e. The van der Waals surface area contributed by atoms with E-state index in [2.05, 4.69) is 38.3 Å². The van der Waals surface area contributed by atoms with Crippen molar-refractivity contribution in [2.24, 2.45) is 0 Å². The van der Waals surface area contributed by atoms with Gasteiger partial charge in [0.05, 0.1) is 6.54 Å². The maximum absolute atomic E-state index is 12.5. The molecule has 2 aromatic rings. The number of benzene rings is 1. The molecule has 0 unspecified atom stereocenters. The van der Waals surface area contributed by atoms with E-state index >= 15 is 0 Å². The Kier molecular flexibility index (Phi) is 6.67. The largest absolute Gasteiger partial charge is 0.369 e. The van der Waals surface area contributed by atoms with E-state index in [0.29, 0.717) is 17.6 Å². The third-order valence-corrected chi connectivity index (χ3v) is 7.13. The molecule has 1 aliphatic carbocycles. The number of piperazine rings is 1. The lowest BCUT2D eigenvalue weighted by Gasteiger charge is -2.36. The van der Waals surface area contributed by atoms with Gasteiger partial charge in [0.25, 0.3) is 0 Å². The number of carbonyl (C=O) groups is 1. The second-order valence-corrected chi connectivity index (χ2v) is 9.47. The van der Waals surface area contributed by atoms with Crippen molar-refractivity contribution in [3.8, 4) is 0 Å². The van der Waals surface area contributed by atoms with Gasteiger partial charge in [-0.15, -0.1) is 10.2 Å². The fourth-order valence-corrected chi connectivity index (χ4v) is 5.33. The zero-order valence-corrected chi connectivity index (χ0v) is 18.4. The Balaban J connectivity index is 1.26. The summed E-state index contributed by atoms with van der Waals surface area (Å²) in [5, 5.41) is 13.9. The quantitative estimate of drug-likeness (QED) is 0.761. The molecule has 1 aromatic heterocycles. The summed E-state index contributed by atoms with van der Waals surface area (Å²) in [6.07, 6.45) is 6.25. The normalized spacial score (nSPS) is 18.8. The number of amides is 1. The molecule has 156 valence electrons. The van der Waals surface area contributed by atoms with Crippen molar-refractivity contribution >= 4 is 39.7 Å². The molecule has 2 heterocycles. The number of hydrogen-bond acceptors (Lipinski definition) is 6. The Bertz CT molecular complexity index is 843. The number of aryl methyl sites for hydroxylation is 1. The number of aromatic nitrogens is 2. The van der Waals surface area contributed by atoms with Gasteiger partial charge in [0.2, 0.25) is 11.0 Å². The van der Waals surface area contributed by atoms with Crippen molar-refractivity contribution in [3.05, 3.63) is 33.8 Å². The monoisotopic (exact) mass is 433 g/mol. The van der Waals surface area contributed by atoms with Crippen LogP contribution in [-0.4, -0.2) is 53.7 Å². The van der Waals surface area contributed by atoms with Gasteiger partial charge in [-0.3, -0.25) is 15.0 Å². The molecule has 0 bridgehead atoms. The first kappa shape index (κ1) is 20.6. The highest BCUT2D eigenvalue weighted by Crippen LogP contribution is 2.35. The molecule has 8 heteroatoms. The maximum atomic E-state index is 12.5. The summed E-state index contributed by atoms with van der Waals surface area (Å²) in [6, 6.07) is 6.01. The van der Waals surface area contributed by atoms with Gasteiger partial charge in [0, 0.05) is 42.8 Å². The summed E-state index contributed by atoms with van der Waals surface area (Å²) in [7, 11) is 0. The van der Waals surface area contributed by atoms with Crippen molar-refractivity contribution in [2.75, 3.05) is 42.9 Å².